The van der Waals surface area contributed by atoms with E-state index in [1.54, 1.807) is 6.92 Å². The van der Waals surface area contributed by atoms with Gasteiger partial charge in [-0.15, -0.1) is 0 Å². The smallest absolute Gasteiger partial charge is 0.295 e. The van der Waals surface area contributed by atoms with Crippen LogP contribution in [0.1, 0.15) is 66.7 Å². The van der Waals surface area contributed by atoms with Gasteiger partial charge in [-0.2, -0.15) is 4.98 Å². The minimum Gasteiger partial charge on any atom is -0.431 e. The van der Waals surface area contributed by atoms with Gasteiger partial charge >= 0.3 is 0 Å². The van der Waals surface area contributed by atoms with Gasteiger partial charge in [-0.1, -0.05) is 19.3 Å². The Bertz CT molecular complexity index is 777. The highest BCUT2D eigenvalue weighted by molar-refractivity contribution is 5.92. The first-order valence-corrected chi connectivity index (χ1v) is 9.40. The summed E-state index contributed by atoms with van der Waals surface area (Å²) in [6, 6.07) is 2.19. The molecule has 1 unspecified atom stereocenters. The third-order valence-electron chi connectivity index (χ3n) is 5.15. The highest BCUT2D eigenvalue weighted by atomic mass is 19.1. The second-order valence-electron chi connectivity index (χ2n) is 7.23. The van der Waals surface area contributed by atoms with Crippen LogP contribution in [0.3, 0.4) is 0 Å². The third-order valence-corrected chi connectivity index (χ3v) is 5.15. The van der Waals surface area contributed by atoms with E-state index in [1.807, 2.05) is 0 Å². The Morgan fingerprint density at radius 1 is 1.26 bits per heavy atom. The number of anilines is 1. The number of nitrogens with zero attached hydrogens (tertiary/aromatic N) is 1. The molecule has 1 aliphatic rings. The van der Waals surface area contributed by atoms with Gasteiger partial charge in [0.2, 0.25) is 0 Å². The second kappa shape index (κ2) is 8.50. The van der Waals surface area contributed by atoms with Gasteiger partial charge in [-0.05, 0) is 50.3 Å². The molecule has 2 N–H and O–H groups in total. The number of hydrogen-bond acceptors (Lipinski definition) is 4. The molecule has 7 heteroatoms. The Morgan fingerprint density at radius 3 is 2.59 bits per heavy atom. The van der Waals surface area contributed by atoms with Crippen molar-refractivity contribution in [2.75, 3.05) is 11.9 Å². The van der Waals surface area contributed by atoms with Gasteiger partial charge in [0.05, 0.1) is 6.04 Å². The van der Waals surface area contributed by atoms with Crippen molar-refractivity contribution >= 4 is 11.9 Å². The van der Waals surface area contributed by atoms with Crippen molar-refractivity contribution in [3.8, 4) is 0 Å². The minimum absolute atomic E-state index is 0.0394. The average Bonchev–Trinajstić information content (AvgIpc) is 3.14. The summed E-state index contributed by atoms with van der Waals surface area (Å²) < 4.78 is 32.7. The summed E-state index contributed by atoms with van der Waals surface area (Å²) in [6.45, 7) is 3.80. The first-order valence-electron chi connectivity index (χ1n) is 9.40. The Kier molecular flexibility index (Phi) is 6.08. The van der Waals surface area contributed by atoms with E-state index >= 15 is 0 Å². The lowest BCUT2D eigenvalue weighted by Crippen LogP contribution is -2.27. The molecule has 1 heterocycles. The van der Waals surface area contributed by atoms with Crippen LogP contribution in [0.15, 0.2) is 22.8 Å². The van der Waals surface area contributed by atoms with E-state index in [1.165, 1.54) is 57.4 Å². The zero-order valence-electron chi connectivity index (χ0n) is 15.6. The van der Waals surface area contributed by atoms with Gasteiger partial charge < -0.3 is 15.1 Å². The highest BCUT2D eigenvalue weighted by Crippen LogP contribution is 2.24. The van der Waals surface area contributed by atoms with Gasteiger partial charge in [0, 0.05) is 12.1 Å². The zero-order valence-corrected chi connectivity index (χ0v) is 15.6. The number of rotatable bonds is 6. The fraction of sp³-hybridized carbons (Fsp3) is 0.500. The molecule has 1 amide bonds. The van der Waals surface area contributed by atoms with Crippen LogP contribution in [-0.4, -0.2) is 17.4 Å². The van der Waals surface area contributed by atoms with Crippen molar-refractivity contribution in [1.82, 2.24) is 10.3 Å². The normalized spacial score (nSPS) is 16.1. The molecular formula is C20H25F2N3O2. The van der Waals surface area contributed by atoms with Gasteiger partial charge in [0.1, 0.15) is 17.9 Å². The summed E-state index contributed by atoms with van der Waals surface area (Å²) in [5.74, 6) is -1.13. The fourth-order valence-corrected chi connectivity index (χ4v) is 3.35. The summed E-state index contributed by atoms with van der Waals surface area (Å²) in [7, 11) is 0. The Morgan fingerprint density at radius 2 is 1.93 bits per heavy atom. The number of benzene rings is 1. The molecule has 5 nitrogen and oxygen atoms in total. The molecule has 0 aliphatic heterocycles. The van der Waals surface area contributed by atoms with Crippen molar-refractivity contribution < 1.29 is 18.0 Å². The lowest BCUT2D eigenvalue weighted by Gasteiger charge is -2.21. The van der Waals surface area contributed by atoms with Crippen LogP contribution in [0, 0.1) is 24.5 Å². The topological polar surface area (TPSA) is 67.2 Å². The van der Waals surface area contributed by atoms with E-state index in [0.29, 0.717) is 17.5 Å². The lowest BCUT2D eigenvalue weighted by atomic mass is 9.89. The molecule has 0 bridgehead atoms. The van der Waals surface area contributed by atoms with Crippen LogP contribution in [0.4, 0.5) is 14.8 Å². The van der Waals surface area contributed by atoms with Crippen LogP contribution >= 0.6 is 0 Å². The molecule has 1 aromatic heterocycles. The molecule has 146 valence electrons. The summed E-state index contributed by atoms with van der Waals surface area (Å²) in [4.78, 5) is 16.5. The summed E-state index contributed by atoms with van der Waals surface area (Å²) in [6.07, 6.45) is 7.48. The number of oxazole rings is 1. The van der Waals surface area contributed by atoms with Gasteiger partial charge in [0.25, 0.3) is 11.9 Å². The Balaban J connectivity index is 1.57. The number of amides is 1. The number of carbonyl (C=O) groups excluding carboxylic acids is 1. The van der Waals surface area contributed by atoms with Crippen molar-refractivity contribution in [3.05, 3.63) is 46.9 Å². The van der Waals surface area contributed by atoms with E-state index in [0.717, 1.165) is 6.54 Å². The van der Waals surface area contributed by atoms with E-state index in [-0.39, 0.29) is 11.3 Å². The summed E-state index contributed by atoms with van der Waals surface area (Å²) in [5, 5.41) is 5.82. The van der Waals surface area contributed by atoms with Crippen molar-refractivity contribution in [2.45, 2.75) is 52.0 Å². The Labute approximate surface area is 157 Å². The number of halogens is 2. The second-order valence-corrected chi connectivity index (χ2v) is 7.23. The quantitative estimate of drug-likeness (QED) is 0.763. The molecule has 0 radical (unpaired) electrons. The molecule has 1 atom stereocenters. The monoisotopic (exact) mass is 377 g/mol. The van der Waals surface area contributed by atoms with Crippen LogP contribution in [-0.2, 0) is 0 Å². The van der Waals surface area contributed by atoms with Crippen molar-refractivity contribution in [1.29, 1.82) is 0 Å². The molecule has 1 fully saturated rings. The van der Waals surface area contributed by atoms with Crippen LogP contribution < -0.4 is 10.6 Å². The van der Waals surface area contributed by atoms with Gasteiger partial charge in [-0.25, -0.2) is 8.78 Å². The van der Waals surface area contributed by atoms with Crippen molar-refractivity contribution in [3.63, 3.8) is 0 Å². The summed E-state index contributed by atoms with van der Waals surface area (Å²) >= 11 is 0. The molecule has 1 aromatic carbocycles. The average molecular weight is 377 g/mol. The lowest BCUT2D eigenvalue weighted by molar-refractivity contribution is 0.0934. The molecule has 27 heavy (non-hydrogen) atoms. The number of hydrogen-bond donors (Lipinski definition) is 2. The van der Waals surface area contributed by atoms with Crippen LogP contribution in [0.2, 0.25) is 0 Å². The molecule has 3 rings (SSSR count). The van der Waals surface area contributed by atoms with Crippen LogP contribution in [0.25, 0.3) is 0 Å². The molecule has 2 aromatic rings. The third kappa shape index (κ3) is 4.84. The zero-order chi connectivity index (χ0) is 19.4. The van der Waals surface area contributed by atoms with E-state index < -0.39 is 23.6 Å². The Hall–Kier alpha value is -2.44. The summed E-state index contributed by atoms with van der Waals surface area (Å²) in [5.41, 5.74) is 0.437. The number of carbonyl (C=O) groups is 1. The predicted octanol–water partition coefficient (Wildman–Crippen LogP) is 4.74. The largest absolute Gasteiger partial charge is 0.431 e. The maximum absolute atomic E-state index is 13.7. The SMILES string of the molecule is Cc1c(F)cc(C(C)NC(=O)c2coc(NCC3CCCCC3)n2)cc1F. The molecule has 0 saturated heterocycles. The molecule has 1 saturated carbocycles. The first-order chi connectivity index (χ1) is 12.9. The standard InChI is InChI=1S/C20H25F2N3O2/c1-12-16(21)8-15(9-17(12)22)13(2)24-19(26)18-11-27-20(25-18)23-10-14-6-4-3-5-7-14/h8-9,11,13-14H,3-7,10H2,1-2H3,(H,23,25)(H,24,26). The fourth-order valence-electron chi connectivity index (χ4n) is 3.35. The molecule has 0 spiro atoms. The van der Waals surface area contributed by atoms with E-state index in [9.17, 15) is 13.6 Å². The van der Waals surface area contributed by atoms with Crippen molar-refractivity contribution in [2.24, 2.45) is 5.92 Å². The maximum Gasteiger partial charge on any atom is 0.295 e. The van der Waals surface area contributed by atoms with Gasteiger partial charge in [0.15, 0.2) is 5.69 Å². The number of nitrogens with one attached hydrogen (secondary N) is 2. The highest BCUT2D eigenvalue weighted by Gasteiger charge is 2.19. The molecular weight excluding hydrogens is 352 g/mol. The minimum atomic E-state index is -0.637. The van der Waals surface area contributed by atoms with Crippen LogP contribution in [0.5, 0.6) is 0 Å². The van der Waals surface area contributed by atoms with E-state index in [2.05, 4.69) is 15.6 Å². The molecule has 1 aliphatic carbocycles. The first kappa shape index (κ1) is 19.3. The maximum atomic E-state index is 13.7. The van der Waals surface area contributed by atoms with Gasteiger partial charge in [-0.3, -0.25) is 4.79 Å². The van der Waals surface area contributed by atoms with E-state index in [4.69, 9.17) is 4.42 Å². The predicted molar refractivity (Wildman–Crippen MR) is 98.5 cm³/mol. The number of aromatic nitrogens is 1.